The van der Waals surface area contributed by atoms with Crippen molar-refractivity contribution in [1.82, 2.24) is 10.4 Å². The molecule has 0 bridgehead atoms. The van der Waals surface area contributed by atoms with Crippen LogP contribution in [0.25, 0.3) is 0 Å². The first-order valence-electron chi connectivity index (χ1n) is 5.64. The predicted molar refractivity (Wildman–Crippen MR) is 65.9 cm³/mol. The van der Waals surface area contributed by atoms with Crippen molar-refractivity contribution in [3.8, 4) is 0 Å². The van der Waals surface area contributed by atoms with Crippen LogP contribution in [0.5, 0.6) is 0 Å². The van der Waals surface area contributed by atoms with E-state index in [4.69, 9.17) is 16.3 Å². The molecule has 2 heterocycles. The third-order valence-electron chi connectivity index (χ3n) is 2.57. The molecule has 18 heavy (non-hydrogen) atoms. The first-order valence-corrected chi connectivity index (χ1v) is 6.02. The van der Waals surface area contributed by atoms with E-state index in [1.165, 1.54) is 5.01 Å². The van der Waals surface area contributed by atoms with E-state index in [9.17, 15) is 9.90 Å². The van der Waals surface area contributed by atoms with Crippen LogP contribution in [-0.2, 0) is 9.53 Å². The minimum atomic E-state index is -0.822. The highest BCUT2D eigenvalue weighted by Gasteiger charge is 2.38. The number of pyridine rings is 1. The molecule has 0 saturated carbocycles. The van der Waals surface area contributed by atoms with Gasteiger partial charge in [0.25, 0.3) is 0 Å². The van der Waals surface area contributed by atoms with E-state index in [1.807, 2.05) is 0 Å². The van der Waals surface area contributed by atoms with Crippen molar-refractivity contribution in [2.24, 2.45) is 0 Å². The Morgan fingerprint density at radius 3 is 3.22 bits per heavy atom. The van der Waals surface area contributed by atoms with Gasteiger partial charge in [0.2, 0.25) is 0 Å². The molecule has 6 nitrogen and oxygen atoms in total. The molecule has 1 aliphatic rings. The summed E-state index contributed by atoms with van der Waals surface area (Å²) in [5, 5.41) is 11.5. The van der Waals surface area contributed by atoms with Crippen molar-refractivity contribution in [3.05, 3.63) is 23.4 Å². The molecule has 0 amide bonds. The fourth-order valence-electron chi connectivity index (χ4n) is 1.82. The van der Waals surface area contributed by atoms with Crippen LogP contribution in [0.1, 0.15) is 13.3 Å². The van der Waals surface area contributed by atoms with Crippen LogP contribution in [0.15, 0.2) is 18.3 Å². The molecular formula is C11H14ClN3O3. The number of rotatable bonds is 3. The SMILES string of the molecule is CCOC(=O)C1CC(O)NN1c1ncccc1Cl. The molecule has 98 valence electrons. The molecule has 0 aromatic carbocycles. The van der Waals surface area contributed by atoms with Gasteiger partial charge >= 0.3 is 5.97 Å². The lowest BCUT2D eigenvalue weighted by Crippen LogP contribution is -2.44. The minimum Gasteiger partial charge on any atom is -0.464 e. The highest BCUT2D eigenvalue weighted by Crippen LogP contribution is 2.27. The van der Waals surface area contributed by atoms with E-state index in [2.05, 4.69) is 10.4 Å². The number of ether oxygens (including phenoxy) is 1. The van der Waals surface area contributed by atoms with Crippen LogP contribution in [0.2, 0.25) is 5.02 Å². The number of anilines is 1. The molecule has 1 aromatic heterocycles. The van der Waals surface area contributed by atoms with Gasteiger partial charge in [-0.05, 0) is 19.1 Å². The maximum absolute atomic E-state index is 11.8. The van der Waals surface area contributed by atoms with Crippen molar-refractivity contribution < 1.29 is 14.6 Å². The number of hydrazine groups is 1. The Bertz CT molecular complexity index is 443. The van der Waals surface area contributed by atoms with Crippen molar-refractivity contribution in [1.29, 1.82) is 0 Å². The molecule has 2 unspecified atom stereocenters. The van der Waals surface area contributed by atoms with Gasteiger partial charge < -0.3 is 9.84 Å². The third kappa shape index (κ3) is 2.55. The van der Waals surface area contributed by atoms with Crippen LogP contribution < -0.4 is 10.4 Å². The van der Waals surface area contributed by atoms with E-state index < -0.39 is 18.2 Å². The lowest BCUT2D eigenvalue weighted by molar-refractivity contribution is -0.144. The molecule has 1 saturated heterocycles. The second-order valence-electron chi connectivity index (χ2n) is 3.83. The molecule has 0 radical (unpaired) electrons. The number of aliphatic hydroxyl groups is 1. The molecule has 7 heteroatoms. The van der Waals surface area contributed by atoms with Crippen LogP contribution in [0.4, 0.5) is 5.82 Å². The summed E-state index contributed by atoms with van der Waals surface area (Å²) in [5.74, 6) is -0.0166. The monoisotopic (exact) mass is 271 g/mol. The van der Waals surface area contributed by atoms with Gasteiger partial charge in [-0.3, -0.25) is 5.01 Å². The molecule has 2 rings (SSSR count). The summed E-state index contributed by atoms with van der Waals surface area (Å²) in [6, 6.07) is 2.73. The number of aromatic nitrogens is 1. The molecule has 1 aromatic rings. The molecule has 0 spiro atoms. The largest absolute Gasteiger partial charge is 0.464 e. The summed E-state index contributed by atoms with van der Waals surface area (Å²) < 4.78 is 4.96. The maximum Gasteiger partial charge on any atom is 0.330 e. The summed E-state index contributed by atoms with van der Waals surface area (Å²) >= 11 is 6.02. The Hall–Kier alpha value is -1.37. The standard InChI is InChI=1S/C11H14ClN3O3/c1-2-18-11(17)8-6-9(16)14-15(8)10-7(12)4-3-5-13-10/h3-5,8-9,14,16H,2,6H2,1H3. The zero-order chi connectivity index (χ0) is 13.1. The van der Waals surface area contributed by atoms with E-state index in [0.717, 1.165) is 0 Å². The molecular weight excluding hydrogens is 258 g/mol. The number of aliphatic hydroxyl groups excluding tert-OH is 1. The molecule has 0 aliphatic carbocycles. The van der Waals surface area contributed by atoms with Gasteiger partial charge in [-0.2, -0.15) is 0 Å². The van der Waals surface area contributed by atoms with Crippen LogP contribution in [0.3, 0.4) is 0 Å². The van der Waals surface area contributed by atoms with Gasteiger partial charge in [0, 0.05) is 12.6 Å². The number of nitrogens with one attached hydrogen (secondary N) is 1. The van der Waals surface area contributed by atoms with Gasteiger partial charge in [0.05, 0.1) is 11.6 Å². The fourth-order valence-corrected chi connectivity index (χ4v) is 2.04. The van der Waals surface area contributed by atoms with Crippen LogP contribution >= 0.6 is 11.6 Å². The highest BCUT2D eigenvalue weighted by molar-refractivity contribution is 6.33. The normalized spacial score (nSPS) is 23.2. The smallest absolute Gasteiger partial charge is 0.330 e. The minimum absolute atomic E-state index is 0.228. The van der Waals surface area contributed by atoms with Crippen molar-refractivity contribution >= 4 is 23.4 Å². The zero-order valence-corrected chi connectivity index (χ0v) is 10.6. The van der Waals surface area contributed by atoms with E-state index >= 15 is 0 Å². The van der Waals surface area contributed by atoms with E-state index in [0.29, 0.717) is 10.8 Å². The summed E-state index contributed by atoms with van der Waals surface area (Å²) in [7, 11) is 0. The second-order valence-corrected chi connectivity index (χ2v) is 4.23. The van der Waals surface area contributed by atoms with E-state index in [-0.39, 0.29) is 13.0 Å². The number of halogens is 1. The van der Waals surface area contributed by atoms with Gasteiger partial charge in [-0.15, -0.1) is 0 Å². The number of nitrogens with zero attached hydrogens (tertiary/aromatic N) is 2. The molecule has 1 aliphatic heterocycles. The molecule has 2 atom stereocenters. The quantitative estimate of drug-likeness (QED) is 0.789. The Morgan fingerprint density at radius 1 is 1.78 bits per heavy atom. The topological polar surface area (TPSA) is 74.7 Å². The van der Waals surface area contributed by atoms with Gasteiger partial charge in [-0.1, -0.05) is 11.6 Å². The Labute approximate surface area is 109 Å². The fraction of sp³-hybridized carbons (Fsp3) is 0.455. The summed E-state index contributed by atoms with van der Waals surface area (Å²) in [5.41, 5.74) is 2.74. The highest BCUT2D eigenvalue weighted by atomic mass is 35.5. The lowest BCUT2D eigenvalue weighted by Gasteiger charge is -2.24. The Kier molecular flexibility index (Phi) is 4.00. The average Bonchev–Trinajstić information content (AvgIpc) is 2.72. The second kappa shape index (κ2) is 5.51. The van der Waals surface area contributed by atoms with E-state index in [1.54, 1.807) is 25.3 Å². The Morgan fingerprint density at radius 2 is 2.56 bits per heavy atom. The summed E-state index contributed by atoms with van der Waals surface area (Å²) in [4.78, 5) is 15.9. The summed E-state index contributed by atoms with van der Waals surface area (Å²) in [6.07, 6.45) is 0.971. The summed E-state index contributed by atoms with van der Waals surface area (Å²) in [6.45, 7) is 2.02. The van der Waals surface area contributed by atoms with Crippen molar-refractivity contribution in [2.75, 3.05) is 11.6 Å². The predicted octanol–water partition coefficient (Wildman–Crippen LogP) is 0.700. The first-order chi connectivity index (χ1) is 8.63. The average molecular weight is 272 g/mol. The molecule has 2 N–H and O–H groups in total. The number of carbonyl (C=O) groups is 1. The maximum atomic E-state index is 11.8. The zero-order valence-electron chi connectivity index (χ0n) is 9.84. The molecule has 1 fully saturated rings. The van der Waals surface area contributed by atoms with Crippen molar-refractivity contribution in [3.63, 3.8) is 0 Å². The first kappa shape index (κ1) is 13.1. The van der Waals surface area contributed by atoms with Crippen molar-refractivity contribution in [2.45, 2.75) is 25.6 Å². The number of esters is 1. The lowest BCUT2D eigenvalue weighted by atomic mass is 10.2. The number of hydrogen-bond acceptors (Lipinski definition) is 6. The van der Waals surface area contributed by atoms with Gasteiger partial charge in [0.15, 0.2) is 5.82 Å². The van der Waals surface area contributed by atoms with Gasteiger partial charge in [-0.25, -0.2) is 15.2 Å². The van der Waals surface area contributed by atoms with Gasteiger partial charge in [0.1, 0.15) is 12.3 Å². The number of carbonyl (C=O) groups excluding carboxylic acids is 1. The third-order valence-corrected chi connectivity index (χ3v) is 2.87. The van der Waals surface area contributed by atoms with Crippen LogP contribution in [-0.4, -0.2) is 34.9 Å². The Balaban J connectivity index is 2.25. The van der Waals surface area contributed by atoms with Crippen LogP contribution in [0, 0.1) is 0 Å². The number of hydrogen-bond donors (Lipinski definition) is 2.